The lowest BCUT2D eigenvalue weighted by Crippen LogP contribution is -2.16. The summed E-state index contributed by atoms with van der Waals surface area (Å²) < 4.78 is 55.3. The van der Waals surface area contributed by atoms with Gasteiger partial charge >= 0.3 is 0 Å². The largest absolute Gasteiger partial charge is 0.497 e. The molecule has 3 rings (SSSR count). The second kappa shape index (κ2) is 7.36. The fraction of sp³-hybridized carbons (Fsp3) is 0.200. The molecule has 0 fully saturated rings. The minimum absolute atomic E-state index is 0.0283. The van der Waals surface area contributed by atoms with E-state index in [0.29, 0.717) is 30.5 Å². The number of nitrogens with one attached hydrogen (secondary N) is 1. The molecule has 2 aromatic rings. The maximum absolute atomic E-state index is 14.5. The standard InChI is InChI=1S/C20H16F2N2O2/c1-23-18-8-4-7-15(18)20(25)24-19-16(21)10-13(11-17(19)22)12-5-3-6-14(9-12)26-2/h3,5-6,9-11H,4,7-8H2,2H3,(H,24,25)/i2D3. The molecule has 0 aliphatic heterocycles. The predicted octanol–water partition coefficient (Wildman–Crippen LogP) is 4.94. The lowest BCUT2D eigenvalue weighted by atomic mass is 10.0. The van der Waals surface area contributed by atoms with E-state index in [-0.39, 0.29) is 16.9 Å². The monoisotopic (exact) mass is 357 g/mol. The van der Waals surface area contributed by atoms with Crippen molar-refractivity contribution in [2.45, 2.75) is 19.3 Å². The van der Waals surface area contributed by atoms with Crippen LogP contribution >= 0.6 is 0 Å². The molecule has 6 heteroatoms. The van der Waals surface area contributed by atoms with Crippen molar-refractivity contribution in [2.24, 2.45) is 0 Å². The summed E-state index contributed by atoms with van der Waals surface area (Å²) in [5.41, 5.74) is 0.452. The SMILES string of the molecule is [2H]C([2H])([2H])Oc1cccc(-c2cc(F)c(NC(=O)C3=C([N+]#[C-])CCC3)c(F)c2)c1. The van der Waals surface area contributed by atoms with Crippen molar-refractivity contribution in [1.82, 2.24) is 0 Å². The Morgan fingerprint density at radius 3 is 2.69 bits per heavy atom. The van der Waals surface area contributed by atoms with Crippen molar-refractivity contribution in [3.63, 3.8) is 0 Å². The minimum atomic E-state index is -2.65. The van der Waals surface area contributed by atoms with Gasteiger partial charge in [0.1, 0.15) is 23.1 Å². The normalized spacial score (nSPS) is 15.7. The Morgan fingerprint density at radius 2 is 2.00 bits per heavy atom. The van der Waals surface area contributed by atoms with Crippen molar-refractivity contribution in [3.8, 4) is 16.9 Å². The molecule has 0 heterocycles. The quantitative estimate of drug-likeness (QED) is 0.788. The molecule has 0 saturated heterocycles. The minimum Gasteiger partial charge on any atom is -0.497 e. The number of benzene rings is 2. The van der Waals surface area contributed by atoms with Crippen LogP contribution in [-0.2, 0) is 4.79 Å². The number of rotatable bonds is 4. The number of allylic oxidation sites excluding steroid dienone is 1. The first kappa shape index (κ1) is 14.0. The number of halogens is 2. The van der Waals surface area contributed by atoms with Crippen molar-refractivity contribution in [3.05, 3.63) is 70.7 Å². The number of methoxy groups -OCH3 is 1. The van der Waals surface area contributed by atoms with Gasteiger partial charge in [-0.25, -0.2) is 13.6 Å². The van der Waals surface area contributed by atoms with Crippen molar-refractivity contribution in [2.75, 3.05) is 12.4 Å². The summed E-state index contributed by atoms with van der Waals surface area (Å²) in [6, 6.07) is 7.88. The van der Waals surface area contributed by atoms with E-state index in [1.165, 1.54) is 18.2 Å². The van der Waals surface area contributed by atoms with Crippen LogP contribution in [0.4, 0.5) is 14.5 Å². The number of carbonyl (C=O) groups excluding carboxylic acids is 1. The van der Waals surface area contributed by atoms with Crippen LogP contribution in [0.2, 0.25) is 0 Å². The van der Waals surface area contributed by atoms with Gasteiger partial charge in [-0.2, -0.15) is 0 Å². The van der Waals surface area contributed by atoms with Gasteiger partial charge in [-0.3, -0.25) is 4.79 Å². The number of nitrogens with zero attached hydrogens (tertiary/aromatic N) is 1. The number of anilines is 1. The van der Waals surface area contributed by atoms with Crippen LogP contribution in [0.3, 0.4) is 0 Å². The Bertz CT molecular complexity index is 1020. The highest BCUT2D eigenvalue weighted by Gasteiger charge is 2.23. The molecule has 0 radical (unpaired) electrons. The average Bonchev–Trinajstić information content (AvgIpc) is 3.12. The zero-order valence-electron chi connectivity index (χ0n) is 16.6. The van der Waals surface area contributed by atoms with Gasteiger partial charge in [-0.15, -0.1) is 0 Å². The molecule has 132 valence electrons. The maximum atomic E-state index is 14.5. The first-order valence-electron chi connectivity index (χ1n) is 9.37. The van der Waals surface area contributed by atoms with E-state index in [4.69, 9.17) is 15.4 Å². The van der Waals surface area contributed by atoms with Crippen LogP contribution in [0.1, 0.15) is 23.4 Å². The van der Waals surface area contributed by atoms with Crippen molar-refractivity contribution < 1.29 is 22.4 Å². The van der Waals surface area contributed by atoms with Gasteiger partial charge in [0.25, 0.3) is 0 Å². The molecule has 0 atom stereocenters. The Kier molecular flexibility index (Phi) is 3.97. The number of ether oxygens (including phenoxy) is 1. The van der Waals surface area contributed by atoms with E-state index >= 15 is 0 Å². The Morgan fingerprint density at radius 1 is 1.23 bits per heavy atom. The van der Waals surface area contributed by atoms with Crippen molar-refractivity contribution >= 4 is 11.6 Å². The van der Waals surface area contributed by atoms with Crippen LogP contribution < -0.4 is 10.1 Å². The highest BCUT2D eigenvalue weighted by atomic mass is 19.1. The van der Waals surface area contributed by atoms with E-state index in [0.717, 1.165) is 12.1 Å². The van der Waals surface area contributed by atoms with Crippen LogP contribution in [0.15, 0.2) is 47.7 Å². The zero-order valence-corrected chi connectivity index (χ0v) is 13.6. The molecule has 1 aliphatic rings. The highest BCUT2D eigenvalue weighted by Crippen LogP contribution is 2.31. The van der Waals surface area contributed by atoms with Gasteiger partial charge in [0, 0.05) is 5.57 Å². The van der Waals surface area contributed by atoms with Gasteiger partial charge in [0.15, 0.2) is 5.70 Å². The first-order valence-corrected chi connectivity index (χ1v) is 7.87. The molecule has 26 heavy (non-hydrogen) atoms. The van der Waals surface area contributed by atoms with Crippen LogP contribution in [-0.4, -0.2) is 12.9 Å². The molecule has 0 unspecified atom stereocenters. The van der Waals surface area contributed by atoms with E-state index in [1.54, 1.807) is 6.07 Å². The van der Waals surface area contributed by atoms with Crippen LogP contribution in [0.25, 0.3) is 16.0 Å². The van der Waals surface area contributed by atoms with Crippen LogP contribution in [0.5, 0.6) is 5.75 Å². The summed E-state index contributed by atoms with van der Waals surface area (Å²) in [7, 11) is -2.65. The van der Waals surface area contributed by atoms with Gasteiger partial charge in [-0.05, 0) is 48.2 Å². The van der Waals surface area contributed by atoms with E-state index in [9.17, 15) is 13.6 Å². The molecular formula is C20H16F2N2O2. The lowest BCUT2D eigenvalue weighted by molar-refractivity contribution is -0.113. The Hall–Kier alpha value is -3.20. The molecule has 1 amide bonds. The summed E-state index contributed by atoms with van der Waals surface area (Å²) in [4.78, 5) is 15.6. The topological polar surface area (TPSA) is 42.7 Å². The van der Waals surface area contributed by atoms with Gasteiger partial charge in [-0.1, -0.05) is 18.6 Å². The fourth-order valence-corrected chi connectivity index (χ4v) is 2.88. The van der Waals surface area contributed by atoms with Gasteiger partial charge < -0.3 is 10.1 Å². The molecule has 1 aliphatic carbocycles. The third-order valence-corrected chi connectivity index (χ3v) is 4.16. The summed E-state index contributed by atoms with van der Waals surface area (Å²) in [5.74, 6) is -2.63. The zero-order chi connectivity index (χ0) is 21.2. The number of carbonyl (C=O) groups is 1. The Balaban J connectivity index is 1.88. The third kappa shape index (κ3) is 3.42. The smallest absolute Gasteiger partial charge is 0.240 e. The molecule has 2 aromatic carbocycles. The molecule has 0 bridgehead atoms. The summed E-state index contributed by atoms with van der Waals surface area (Å²) in [5, 5.41) is 2.22. The fourth-order valence-electron chi connectivity index (χ4n) is 2.88. The Labute approximate surface area is 154 Å². The number of hydrogen-bond acceptors (Lipinski definition) is 2. The molecule has 4 nitrogen and oxygen atoms in total. The maximum Gasteiger partial charge on any atom is 0.240 e. The van der Waals surface area contributed by atoms with Crippen LogP contribution in [0, 0.1) is 18.2 Å². The molecule has 0 spiro atoms. The second-order valence-corrected chi connectivity index (χ2v) is 5.79. The van der Waals surface area contributed by atoms with E-state index in [2.05, 4.69) is 10.2 Å². The first-order chi connectivity index (χ1) is 13.7. The molecule has 0 saturated carbocycles. The lowest BCUT2D eigenvalue weighted by Gasteiger charge is -2.11. The van der Waals surface area contributed by atoms with Gasteiger partial charge in [0.05, 0.1) is 17.7 Å². The van der Waals surface area contributed by atoms with Crippen molar-refractivity contribution in [1.29, 1.82) is 0 Å². The average molecular weight is 357 g/mol. The van der Waals surface area contributed by atoms with E-state index < -0.39 is 30.3 Å². The van der Waals surface area contributed by atoms with E-state index in [1.807, 2.05) is 0 Å². The summed E-state index contributed by atoms with van der Waals surface area (Å²) in [6.45, 7) is 7.08. The molecular weight excluding hydrogens is 338 g/mol. The third-order valence-electron chi connectivity index (χ3n) is 4.16. The number of hydrogen-bond donors (Lipinski definition) is 1. The highest BCUT2D eigenvalue weighted by molar-refractivity contribution is 6.05. The predicted molar refractivity (Wildman–Crippen MR) is 94.5 cm³/mol. The molecule has 0 aromatic heterocycles. The summed E-state index contributed by atoms with van der Waals surface area (Å²) >= 11 is 0. The number of amides is 1. The second-order valence-electron chi connectivity index (χ2n) is 5.79. The molecule has 1 N–H and O–H groups in total. The summed E-state index contributed by atoms with van der Waals surface area (Å²) in [6.07, 6.45) is 1.52. The van der Waals surface area contributed by atoms with Gasteiger partial charge in [0.2, 0.25) is 5.91 Å².